The van der Waals surface area contributed by atoms with E-state index in [4.69, 9.17) is 0 Å². The van der Waals surface area contributed by atoms with Crippen LogP contribution in [0.4, 0.5) is 21.5 Å². The summed E-state index contributed by atoms with van der Waals surface area (Å²) < 4.78 is 40.3. The van der Waals surface area contributed by atoms with Gasteiger partial charge in [-0.1, -0.05) is 13.8 Å². The van der Waals surface area contributed by atoms with E-state index in [1.165, 1.54) is 12.1 Å². The van der Waals surface area contributed by atoms with Gasteiger partial charge in [-0.3, -0.25) is 9.52 Å². The smallest absolute Gasteiger partial charge is 0.307 e. The molecule has 1 unspecified atom stereocenters. The Labute approximate surface area is 156 Å². The van der Waals surface area contributed by atoms with Gasteiger partial charge in [0.15, 0.2) is 0 Å². The molecule has 0 aliphatic carbocycles. The molecule has 1 aliphatic rings. The zero-order chi connectivity index (χ0) is 19.8. The van der Waals surface area contributed by atoms with E-state index in [0.29, 0.717) is 17.1 Å². The van der Waals surface area contributed by atoms with Crippen LogP contribution >= 0.6 is 0 Å². The number of nitrogens with one attached hydrogen (secondary N) is 3. The minimum atomic E-state index is -3.87. The first kappa shape index (κ1) is 19.0. The minimum Gasteiger partial charge on any atom is -0.481 e. The first-order valence-electron chi connectivity index (χ1n) is 8.32. The number of anilines is 3. The summed E-state index contributed by atoms with van der Waals surface area (Å²) in [5.74, 6) is -1.51. The summed E-state index contributed by atoms with van der Waals surface area (Å²) in [7, 11) is -3.87. The number of hydrogen-bond donors (Lipinski definition) is 4. The molecule has 1 atom stereocenters. The molecule has 0 spiro atoms. The van der Waals surface area contributed by atoms with Gasteiger partial charge in [0.25, 0.3) is 10.0 Å². The summed E-state index contributed by atoms with van der Waals surface area (Å²) in [6.07, 6.45) is -0.143. The van der Waals surface area contributed by atoms with E-state index in [-0.39, 0.29) is 17.2 Å². The second-order valence-corrected chi connectivity index (χ2v) is 8.45. The van der Waals surface area contributed by atoms with Gasteiger partial charge in [0, 0.05) is 0 Å². The highest BCUT2D eigenvalue weighted by Crippen LogP contribution is 2.41. The average molecular weight is 393 g/mol. The number of aliphatic carboxylic acids is 1. The number of halogens is 1. The van der Waals surface area contributed by atoms with Crippen molar-refractivity contribution >= 4 is 33.1 Å². The molecule has 3 rings (SSSR count). The zero-order valence-electron chi connectivity index (χ0n) is 14.8. The molecule has 2 aromatic rings. The number of carboxylic acid groups (broad SMARTS) is 1. The van der Waals surface area contributed by atoms with Crippen molar-refractivity contribution in [1.82, 2.24) is 0 Å². The average Bonchev–Trinajstić information content (AvgIpc) is 2.92. The number of rotatable bonds is 6. The van der Waals surface area contributed by atoms with Crippen molar-refractivity contribution in [2.24, 2.45) is 5.92 Å². The van der Waals surface area contributed by atoms with Crippen LogP contribution < -0.4 is 15.4 Å². The van der Waals surface area contributed by atoms with Crippen LogP contribution in [0, 0.1) is 11.7 Å². The predicted molar refractivity (Wildman–Crippen MR) is 101 cm³/mol. The number of sulfonamides is 1. The van der Waals surface area contributed by atoms with Gasteiger partial charge in [-0.05, 0) is 48.4 Å². The quantitative estimate of drug-likeness (QED) is 0.600. The third kappa shape index (κ3) is 3.82. The largest absolute Gasteiger partial charge is 0.481 e. The first-order chi connectivity index (χ1) is 12.6. The van der Waals surface area contributed by atoms with Gasteiger partial charge >= 0.3 is 5.97 Å². The van der Waals surface area contributed by atoms with E-state index in [0.717, 1.165) is 12.1 Å². The minimum absolute atomic E-state index is 0.0413. The van der Waals surface area contributed by atoms with E-state index in [1.54, 1.807) is 18.2 Å². The molecule has 4 N–H and O–H groups in total. The Kier molecular flexibility index (Phi) is 4.73. The predicted octanol–water partition coefficient (Wildman–Crippen LogP) is 3.29. The van der Waals surface area contributed by atoms with E-state index in [1.807, 2.05) is 13.8 Å². The van der Waals surface area contributed by atoms with Crippen LogP contribution in [0.5, 0.6) is 0 Å². The fourth-order valence-corrected chi connectivity index (χ4v) is 4.03. The molecule has 1 aliphatic heterocycles. The maximum Gasteiger partial charge on any atom is 0.307 e. The van der Waals surface area contributed by atoms with Gasteiger partial charge in [0.2, 0.25) is 0 Å². The van der Waals surface area contributed by atoms with E-state index in [9.17, 15) is 22.7 Å². The standard InChI is InChI=1S/C18H20FN3O4S/c1-11(2)18(10-17(23)24)20-15-8-5-13(9-16(15)21-18)22-27(25,26)14-6-3-12(19)4-7-14/h3-9,11,20-22H,10H2,1-2H3,(H,23,24). The molecular weight excluding hydrogens is 373 g/mol. The van der Waals surface area contributed by atoms with Crippen molar-refractivity contribution in [3.63, 3.8) is 0 Å². The normalized spacial score (nSPS) is 18.5. The second kappa shape index (κ2) is 6.73. The number of carbonyl (C=O) groups is 1. The van der Waals surface area contributed by atoms with Gasteiger partial charge < -0.3 is 15.7 Å². The van der Waals surface area contributed by atoms with Crippen LogP contribution in [0.2, 0.25) is 0 Å². The molecule has 0 saturated carbocycles. The van der Waals surface area contributed by atoms with E-state index in [2.05, 4.69) is 15.4 Å². The van der Waals surface area contributed by atoms with Crippen LogP contribution in [0.3, 0.4) is 0 Å². The van der Waals surface area contributed by atoms with Crippen LogP contribution in [-0.2, 0) is 14.8 Å². The van der Waals surface area contributed by atoms with Crippen molar-refractivity contribution in [2.45, 2.75) is 30.8 Å². The van der Waals surface area contributed by atoms with E-state index >= 15 is 0 Å². The zero-order valence-corrected chi connectivity index (χ0v) is 15.6. The fourth-order valence-electron chi connectivity index (χ4n) is 2.98. The molecule has 0 radical (unpaired) electrons. The number of hydrogen-bond acceptors (Lipinski definition) is 5. The summed E-state index contributed by atoms with van der Waals surface area (Å²) in [4.78, 5) is 11.2. The van der Waals surface area contributed by atoms with Crippen molar-refractivity contribution in [2.75, 3.05) is 15.4 Å². The molecule has 0 bridgehead atoms. The molecular formula is C18H20FN3O4S. The van der Waals surface area contributed by atoms with E-state index < -0.39 is 27.5 Å². The van der Waals surface area contributed by atoms with Crippen LogP contribution in [-0.4, -0.2) is 25.2 Å². The molecule has 0 fully saturated rings. The van der Waals surface area contributed by atoms with Gasteiger partial charge in [-0.25, -0.2) is 12.8 Å². The summed E-state index contributed by atoms with van der Waals surface area (Å²) in [6, 6.07) is 9.36. The topological polar surface area (TPSA) is 108 Å². The summed E-state index contributed by atoms with van der Waals surface area (Å²) >= 11 is 0. The van der Waals surface area contributed by atoms with Crippen molar-refractivity contribution in [3.05, 3.63) is 48.3 Å². The lowest BCUT2D eigenvalue weighted by Gasteiger charge is -2.33. The molecule has 0 aromatic heterocycles. The highest BCUT2D eigenvalue weighted by Gasteiger charge is 2.41. The highest BCUT2D eigenvalue weighted by molar-refractivity contribution is 7.92. The van der Waals surface area contributed by atoms with Crippen molar-refractivity contribution in [1.29, 1.82) is 0 Å². The third-order valence-electron chi connectivity index (χ3n) is 4.53. The monoisotopic (exact) mass is 393 g/mol. The lowest BCUT2D eigenvalue weighted by Crippen LogP contribution is -2.48. The summed E-state index contributed by atoms with van der Waals surface area (Å²) in [5.41, 5.74) is 0.740. The number of benzene rings is 2. The fraction of sp³-hybridized carbons (Fsp3) is 0.278. The van der Waals surface area contributed by atoms with Gasteiger partial charge in [0.1, 0.15) is 11.5 Å². The molecule has 1 heterocycles. The van der Waals surface area contributed by atoms with Gasteiger partial charge in [-0.15, -0.1) is 0 Å². The van der Waals surface area contributed by atoms with Gasteiger partial charge in [-0.2, -0.15) is 0 Å². The maximum atomic E-state index is 13.0. The first-order valence-corrected chi connectivity index (χ1v) is 9.80. The Morgan fingerprint density at radius 3 is 2.37 bits per heavy atom. The molecule has 0 saturated heterocycles. The van der Waals surface area contributed by atoms with Crippen LogP contribution in [0.25, 0.3) is 0 Å². The summed E-state index contributed by atoms with van der Waals surface area (Å²) in [5, 5.41) is 15.6. The molecule has 9 heteroatoms. The van der Waals surface area contributed by atoms with Crippen LogP contribution in [0.15, 0.2) is 47.4 Å². The molecule has 144 valence electrons. The molecule has 2 aromatic carbocycles. The SMILES string of the molecule is CC(C)C1(CC(=O)O)Nc2ccc(NS(=O)(=O)c3ccc(F)cc3)cc2N1. The Balaban J connectivity index is 1.85. The number of carboxylic acids is 1. The third-order valence-corrected chi connectivity index (χ3v) is 5.92. The maximum absolute atomic E-state index is 13.0. The summed E-state index contributed by atoms with van der Waals surface area (Å²) in [6.45, 7) is 3.79. The second-order valence-electron chi connectivity index (χ2n) is 6.77. The van der Waals surface area contributed by atoms with Crippen molar-refractivity contribution in [3.8, 4) is 0 Å². The Bertz CT molecular complexity index is 977. The Hall–Kier alpha value is -2.81. The Morgan fingerprint density at radius 1 is 1.15 bits per heavy atom. The molecule has 7 nitrogen and oxygen atoms in total. The number of fused-ring (bicyclic) bond motifs is 1. The lowest BCUT2D eigenvalue weighted by molar-refractivity contribution is -0.138. The molecule has 0 amide bonds. The lowest BCUT2D eigenvalue weighted by atomic mass is 9.93. The van der Waals surface area contributed by atoms with Crippen molar-refractivity contribution < 1.29 is 22.7 Å². The molecule has 27 heavy (non-hydrogen) atoms. The highest BCUT2D eigenvalue weighted by atomic mass is 32.2. The van der Waals surface area contributed by atoms with Gasteiger partial charge in [0.05, 0.1) is 28.4 Å². The van der Waals surface area contributed by atoms with Crippen LogP contribution in [0.1, 0.15) is 20.3 Å². The Morgan fingerprint density at radius 2 is 1.78 bits per heavy atom.